The van der Waals surface area contributed by atoms with E-state index in [1.54, 1.807) is 0 Å². The molecule has 0 spiro atoms. The minimum Gasteiger partial charge on any atom is -0.462 e. The first kappa shape index (κ1) is 52.6. The second-order valence-corrected chi connectivity index (χ2v) is 17.7. The molecule has 6 heteroatoms. The molecular formula is C50H95NO5. The molecule has 1 saturated heterocycles. The number of Topliss-reactive ketones (excluding diaryl/α,β-unsaturated/α-hetero) is 1. The van der Waals surface area contributed by atoms with Gasteiger partial charge in [-0.15, -0.1) is 0 Å². The molecule has 1 heterocycles. The minimum atomic E-state index is -0.0849. The van der Waals surface area contributed by atoms with Gasteiger partial charge in [0.05, 0.1) is 0 Å². The molecule has 56 heavy (non-hydrogen) atoms. The lowest BCUT2D eigenvalue weighted by molar-refractivity contribution is -0.151. The van der Waals surface area contributed by atoms with Crippen molar-refractivity contribution >= 4 is 17.7 Å². The molecule has 1 aliphatic rings. The van der Waals surface area contributed by atoms with Crippen LogP contribution >= 0.6 is 0 Å². The molecule has 0 aromatic rings. The predicted octanol–water partition coefficient (Wildman–Crippen LogP) is 14.8. The number of unbranched alkanes of at least 4 members (excludes halogenated alkanes) is 19. The van der Waals surface area contributed by atoms with Crippen molar-refractivity contribution in [3.63, 3.8) is 0 Å². The second kappa shape index (κ2) is 39.1. The van der Waals surface area contributed by atoms with Gasteiger partial charge >= 0.3 is 11.9 Å². The topological polar surface area (TPSA) is 72.9 Å². The highest BCUT2D eigenvalue weighted by atomic mass is 16.5. The third-order valence-corrected chi connectivity index (χ3v) is 12.3. The van der Waals surface area contributed by atoms with E-state index < -0.39 is 0 Å². The highest BCUT2D eigenvalue weighted by Gasteiger charge is 2.21. The Morgan fingerprint density at radius 3 is 1.21 bits per heavy atom. The molecule has 0 amide bonds. The smallest absolute Gasteiger partial charge is 0.306 e. The summed E-state index contributed by atoms with van der Waals surface area (Å²) in [4.78, 5) is 42.3. The molecule has 330 valence electrons. The van der Waals surface area contributed by atoms with Crippen molar-refractivity contribution in [1.82, 2.24) is 4.90 Å². The predicted molar refractivity (Wildman–Crippen MR) is 238 cm³/mol. The van der Waals surface area contributed by atoms with Crippen LogP contribution in [0, 0.1) is 5.92 Å². The van der Waals surface area contributed by atoms with Gasteiger partial charge in [-0.05, 0) is 122 Å². The van der Waals surface area contributed by atoms with Crippen LogP contribution < -0.4 is 0 Å². The Hall–Kier alpha value is -1.43. The van der Waals surface area contributed by atoms with Gasteiger partial charge in [0.1, 0.15) is 18.0 Å². The number of esters is 2. The normalized spacial score (nSPS) is 13.9. The number of rotatable bonds is 42. The molecular weight excluding hydrogens is 695 g/mol. The Balaban J connectivity index is 2.64. The number of carbonyl (C=O) groups excluding carboxylic acids is 3. The Bertz CT molecular complexity index is 874. The van der Waals surface area contributed by atoms with E-state index >= 15 is 0 Å². The zero-order valence-electron chi connectivity index (χ0n) is 38.0. The maximum absolute atomic E-state index is 13.6. The standard InChI is InChI=1S/C50H95NO5/c1-5-9-13-17-22-35-46(36-23-18-14-10-6-2)55-49(53)40-28-27-33-45(48(52)39-26-21-29-42-51-43-30-31-44-51)34-32-41-50(54)56-47(37-24-19-15-11-7-3)38-25-20-16-12-8-4/h45-47H,5-44H2,1-4H3. The van der Waals surface area contributed by atoms with E-state index in [2.05, 4.69) is 32.6 Å². The molecule has 0 N–H and O–H groups in total. The fourth-order valence-corrected chi connectivity index (χ4v) is 8.56. The SMILES string of the molecule is CCCCCCCC(CCCCCCC)OC(=O)CCCCC(CCCC(=O)OC(CCCCCCC)CCCCCCC)C(=O)CCCCCN1CCCC1. The van der Waals surface area contributed by atoms with Gasteiger partial charge < -0.3 is 14.4 Å². The maximum atomic E-state index is 13.6. The summed E-state index contributed by atoms with van der Waals surface area (Å²) in [6.45, 7) is 12.6. The highest BCUT2D eigenvalue weighted by Crippen LogP contribution is 2.24. The zero-order valence-corrected chi connectivity index (χ0v) is 38.0. The Labute approximate surface area is 348 Å². The molecule has 0 aromatic carbocycles. The summed E-state index contributed by atoms with van der Waals surface area (Å²) in [5.41, 5.74) is 0. The summed E-state index contributed by atoms with van der Waals surface area (Å²) in [5.74, 6) is 0.166. The van der Waals surface area contributed by atoms with Crippen LogP contribution in [0.4, 0.5) is 0 Å². The van der Waals surface area contributed by atoms with Gasteiger partial charge in [0.15, 0.2) is 0 Å². The third-order valence-electron chi connectivity index (χ3n) is 12.3. The second-order valence-electron chi connectivity index (χ2n) is 17.7. The van der Waals surface area contributed by atoms with Crippen LogP contribution in [0.25, 0.3) is 0 Å². The summed E-state index contributed by atoms with van der Waals surface area (Å²) in [6, 6.07) is 0. The first-order valence-electron chi connectivity index (χ1n) is 25.1. The summed E-state index contributed by atoms with van der Waals surface area (Å²) in [7, 11) is 0. The van der Waals surface area contributed by atoms with Gasteiger partial charge in [0.2, 0.25) is 0 Å². The van der Waals surface area contributed by atoms with Crippen LogP contribution in [0.5, 0.6) is 0 Å². The first-order valence-corrected chi connectivity index (χ1v) is 25.1. The van der Waals surface area contributed by atoms with E-state index in [4.69, 9.17) is 9.47 Å². The Morgan fingerprint density at radius 2 is 0.768 bits per heavy atom. The van der Waals surface area contributed by atoms with Gasteiger partial charge in [-0.1, -0.05) is 143 Å². The van der Waals surface area contributed by atoms with Crippen LogP contribution in [-0.4, -0.2) is 54.5 Å². The molecule has 1 rings (SSSR count). The number of hydrogen-bond donors (Lipinski definition) is 0. The largest absolute Gasteiger partial charge is 0.462 e. The van der Waals surface area contributed by atoms with E-state index in [1.165, 1.54) is 135 Å². The Kier molecular flexibility index (Phi) is 36.7. The van der Waals surface area contributed by atoms with Crippen molar-refractivity contribution in [1.29, 1.82) is 0 Å². The highest BCUT2D eigenvalue weighted by molar-refractivity contribution is 5.81. The molecule has 6 nitrogen and oxygen atoms in total. The van der Waals surface area contributed by atoms with Crippen molar-refractivity contribution in [2.75, 3.05) is 19.6 Å². The molecule has 0 bridgehead atoms. The van der Waals surface area contributed by atoms with Gasteiger partial charge in [-0.2, -0.15) is 0 Å². The Morgan fingerprint density at radius 1 is 0.411 bits per heavy atom. The quantitative estimate of drug-likeness (QED) is 0.0453. The number of nitrogens with zero attached hydrogens (tertiary/aromatic N) is 1. The van der Waals surface area contributed by atoms with Crippen LogP contribution in [0.1, 0.15) is 265 Å². The average Bonchev–Trinajstić information content (AvgIpc) is 3.71. The van der Waals surface area contributed by atoms with Gasteiger partial charge in [0, 0.05) is 25.2 Å². The van der Waals surface area contributed by atoms with Crippen molar-refractivity contribution < 1.29 is 23.9 Å². The minimum absolute atomic E-state index is 0.0326. The van der Waals surface area contributed by atoms with Crippen LogP contribution in [0.15, 0.2) is 0 Å². The lowest BCUT2D eigenvalue weighted by atomic mass is 9.89. The number of ether oxygens (including phenoxy) is 2. The van der Waals surface area contributed by atoms with Crippen LogP contribution in [0.2, 0.25) is 0 Å². The number of carbonyl (C=O) groups is 3. The number of ketones is 1. The molecule has 0 aliphatic carbocycles. The molecule has 1 atom stereocenters. The summed E-state index contributed by atoms with van der Waals surface area (Å²) in [5, 5.41) is 0. The van der Waals surface area contributed by atoms with Crippen molar-refractivity contribution in [3.8, 4) is 0 Å². The fourth-order valence-electron chi connectivity index (χ4n) is 8.56. The molecule has 0 aromatic heterocycles. The molecule has 0 saturated carbocycles. The lowest BCUT2D eigenvalue weighted by Crippen LogP contribution is -2.20. The molecule has 1 fully saturated rings. The van der Waals surface area contributed by atoms with Gasteiger partial charge in [-0.25, -0.2) is 0 Å². The van der Waals surface area contributed by atoms with Gasteiger partial charge in [0.25, 0.3) is 0 Å². The number of hydrogen-bond acceptors (Lipinski definition) is 6. The molecule has 0 radical (unpaired) electrons. The van der Waals surface area contributed by atoms with E-state index in [-0.39, 0.29) is 30.1 Å². The maximum Gasteiger partial charge on any atom is 0.306 e. The van der Waals surface area contributed by atoms with Crippen molar-refractivity contribution in [2.45, 2.75) is 277 Å². The van der Waals surface area contributed by atoms with E-state index in [0.29, 0.717) is 31.5 Å². The molecule has 1 aliphatic heterocycles. The summed E-state index contributed by atoms with van der Waals surface area (Å²) < 4.78 is 12.2. The van der Waals surface area contributed by atoms with Crippen LogP contribution in [0.3, 0.4) is 0 Å². The zero-order chi connectivity index (χ0) is 40.7. The molecule has 1 unspecified atom stereocenters. The van der Waals surface area contributed by atoms with E-state index in [9.17, 15) is 14.4 Å². The monoisotopic (exact) mass is 790 g/mol. The van der Waals surface area contributed by atoms with Crippen LogP contribution in [-0.2, 0) is 23.9 Å². The van der Waals surface area contributed by atoms with E-state index in [1.807, 2.05) is 0 Å². The fraction of sp³-hybridized carbons (Fsp3) is 0.940. The number of likely N-dealkylation sites (tertiary alicyclic amines) is 1. The summed E-state index contributed by atoms with van der Waals surface area (Å²) in [6.07, 6.45) is 39.8. The lowest BCUT2D eigenvalue weighted by Gasteiger charge is -2.20. The average molecular weight is 790 g/mol. The first-order chi connectivity index (χ1) is 27.4. The summed E-state index contributed by atoms with van der Waals surface area (Å²) >= 11 is 0. The van der Waals surface area contributed by atoms with Crippen molar-refractivity contribution in [2.24, 2.45) is 5.92 Å². The van der Waals surface area contributed by atoms with E-state index in [0.717, 1.165) is 96.4 Å². The van der Waals surface area contributed by atoms with Gasteiger partial charge in [-0.3, -0.25) is 14.4 Å². The van der Waals surface area contributed by atoms with Crippen molar-refractivity contribution in [3.05, 3.63) is 0 Å². The third kappa shape index (κ3) is 31.5.